The molecular formula is C16H16O3. The van der Waals surface area contributed by atoms with Crippen LogP contribution in [-0.2, 0) is 0 Å². The zero-order valence-corrected chi connectivity index (χ0v) is 10.8. The molecule has 0 aliphatic heterocycles. The van der Waals surface area contributed by atoms with Crippen molar-refractivity contribution in [2.24, 2.45) is 0 Å². The van der Waals surface area contributed by atoms with Crippen LogP contribution < -0.4 is 9.47 Å². The van der Waals surface area contributed by atoms with Gasteiger partial charge < -0.3 is 9.47 Å². The molecule has 0 saturated carbocycles. The minimum Gasteiger partial charge on any atom is -0.490 e. The molecule has 2 aromatic carbocycles. The minimum atomic E-state index is 0.628. The highest BCUT2D eigenvalue weighted by Gasteiger charge is 2.05. The van der Waals surface area contributed by atoms with Gasteiger partial charge in [0.15, 0.2) is 11.5 Å². The molecule has 0 aromatic heterocycles. The Morgan fingerprint density at radius 2 is 1.68 bits per heavy atom. The number of hydrogen-bond acceptors (Lipinski definition) is 3. The van der Waals surface area contributed by atoms with E-state index in [1.165, 1.54) is 0 Å². The van der Waals surface area contributed by atoms with E-state index >= 15 is 0 Å². The molecule has 0 aliphatic rings. The second-order valence-corrected chi connectivity index (χ2v) is 4.08. The van der Waals surface area contributed by atoms with Gasteiger partial charge in [0.2, 0.25) is 0 Å². The maximum Gasteiger partial charge on any atom is 0.169 e. The lowest BCUT2D eigenvalue weighted by atomic mass is 10.2. The molecule has 3 heteroatoms. The fourth-order valence-electron chi connectivity index (χ4n) is 1.61. The van der Waals surface area contributed by atoms with Crippen molar-refractivity contribution in [2.75, 3.05) is 6.61 Å². The highest BCUT2D eigenvalue weighted by atomic mass is 16.5. The van der Waals surface area contributed by atoms with Crippen LogP contribution in [-0.4, -0.2) is 12.9 Å². The quantitative estimate of drug-likeness (QED) is 0.730. The molecule has 19 heavy (non-hydrogen) atoms. The second kappa shape index (κ2) is 6.59. The van der Waals surface area contributed by atoms with E-state index in [-0.39, 0.29) is 0 Å². The summed E-state index contributed by atoms with van der Waals surface area (Å²) in [6.07, 6.45) is 1.75. The van der Waals surface area contributed by atoms with Gasteiger partial charge in [0.05, 0.1) is 6.61 Å². The maximum absolute atomic E-state index is 10.6. The molecular weight excluding hydrogens is 240 g/mol. The number of carbonyl (C=O) groups is 1. The van der Waals surface area contributed by atoms with Gasteiger partial charge in [-0.2, -0.15) is 0 Å². The highest BCUT2D eigenvalue weighted by molar-refractivity contribution is 5.74. The first-order chi connectivity index (χ1) is 9.33. The third kappa shape index (κ3) is 3.58. The Balaban J connectivity index is 2.14. The summed E-state index contributed by atoms with van der Waals surface area (Å²) in [4.78, 5) is 10.6. The monoisotopic (exact) mass is 256 g/mol. The third-order valence-electron chi connectivity index (χ3n) is 2.55. The van der Waals surface area contributed by atoms with Crippen LogP contribution in [0.3, 0.4) is 0 Å². The van der Waals surface area contributed by atoms with Crippen molar-refractivity contribution in [2.45, 2.75) is 13.3 Å². The Morgan fingerprint density at radius 3 is 2.32 bits per heavy atom. The highest BCUT2D eigenvalue weighted by Crippen LogP contribution is 2.31. The molecule has 0 radical (unpaired) electrons. The summed E-state index contributed by atoms with van der Waals surface area (Å²) in [5, 5.41) is 0. The number of aldehydes is 1. The lowest BCUT2D eigenvalue weighted by Crippen LogP contribution is -1.97. The first-order valence-corrected chi connectivity index (χ1v) is 6.28. The van der Waals surface area contributed by atoms with Crippen molar-refractivity contribution in [1.82, 2.24) is 0 Å². The van der Waals surface area contributed by atoms with Gasteiger partial charge in [-0.25, -0.2) is 0 Å². The van der Waals surface area contributed by atoms with Crippen molar-refractivity contribution in [3.8, 4) is 17.2 Å². The number of carbonyl (C=O) groups excluding carboxylic acids is 1. The average molecular weight is 256 g/mol. The molecule has 0 heterocycles. The summed E-state index contributed by atoms with van der Waals surface area (Å²) in [7, 11) is 0. The molecule has 0 bridgehead atoms. The van der Waals surface area contributed by atoms with E-state index < -0.39 is 0 Å². The zero-order chi connectivity index (χ0) is 13.5. The van der Waals surface area contributed by atoms with Crippen molar-refractivity contribution in [3.63, 3.8) is 0 Å². The van der Waals surface area contributed by atoms with Gasteiger partial charge in [0, 0.05) is 5.56 Å². The Labute approximate surface area is 112 Å². The lowest BCUT2D eigenvalue weighted by Gasteiger charge is -2.11. The maximum atomic E-state index is 10.6. The normalized spacial score (nSPS) is 9.95. The average Bonchev–Trinajstić information content (AvgIpc) is 2.47. The van der Waals surface area contributed by atoms with Crippen LogP contribution in [0, 0.1) is 0 Å². The van der Waals surface area contributed by atoms with E-state index in [0.29, 0.717) is 23.7 Å². The van der Waals surface area contributed by atoms with E-state index in [2.05, 4.69) is 6.92 Å². The third-order valence-corrected chi connectivity index (χ3v) is 2.55. The number of benzene rings is 2. The molecule has 3 nitrogen and oxygen atoms in total. The Bertz CT molecular complexity index is 532. The summed E-state index contributed by atoms with van der Waals surface area (Å²) in [6, 6.07) is 14.5. The molecule has 0 spiro atoms. The van der Waals surface area contributed by atoms with Crippen LogP contribution in [0.1, 0.15) is 23.7 Å². The van der Waals surface area contributed by atoms with Gasteiger partial charge in [-0.3, -0.25) is 4.79 Å². The fourth-order valence-corrected chi connectivity index (χ4v) is 1.61. The number of rotatable bonds is 6. The van der Waals surface area contributed by atoms with Crippen LogP contribution in [0.5, 0.6) is 17.2 Å². The Hall–Kier alpha value is -2.29. The first kappa shape index (κ1) is 13.1. The molecule has 98 valence electrons. The van der Waals surface area contributed by atoms with Gasteiger partial charge >= 0.3 is 0 Å². The number of hydrogen-bond donors (Lipinski definition) is 0. The summed E-state index contributed by atoms with van der Waals surface area (Å²) in [5.41, 5.74) is 0.628. The summed E-state index contributed by atoms with van der Waals surface area (Å²) >= 11 is 0. The van der Waals surface area contributed by atoms with Crippen molar-refractivity contribution < 1.29 is 14.3 Å². The van der Waals surface area contributed by atoms with Gasteiger partial charge in [0.1, 0.15) is 12.0 Å². The Kier molecular flexibility index (Phi) is 4.56. The van der Waals surface area contributed by atoms with Crippen molar-refractivity contribution in [1.29, 1.82) is 0 Å². The van der Waals surface area contributed by atoms with E-state index in [1.54, 1.807) is 24.3 Å². The molecule has 0 amide bonds. The SMILES string of the molecule is CCCOc1ccccc1Oc1ccc(C=O)cc1. The van der Waals surface area contributed by atoms with E-state index in [0.717, 1.165) is 18.5 Å². The van der Waals surface area contributed by atoms with Crippen LogP contribution >= 0.6 is 0 Å². The molecule has 0 saturated heterocycles. The van der Waals surface area contributed by atoms with Crippen molar-refractivity contribution in [3.05, 3.63) is 54.1 Å². The largest absolute Gasteiger partial charge is 0.490 e. The number of ether oxygens (including phenoxy) is 2. The molecule has 0 atom stereocenters. The minimum absolute atomic E-state index is 0.628. The topological polar surface area (TPSA) is 35.5 Å². The first-order valence-electron chi connectivity index (χ1n) is 6.28. The standard InChI is InChI=1S/C16H16O3/c1-2-11-18-15-5-3-4-6-16(15)19-14-9-7-13(12-17)8-10-14/h3-10,12H,2,11H2,1H3. The van der Waals surface area contributed by atoms with Crippen molar-refractivity contribution >= 4 is 6.29 Å². The summed E-state index contributed by atoms with van der Waals surface area (Å²) in [5.74, 6) is 2.08. The van der Waals surface area contributed by atoms with Crippen LogP contribution in [0.15, 0.2) is 48.5 Å². The molecule has 0 N–H and O–H groups in total. The molecule has 0 fully saturated rings. The zero-order valence-electron chi connectivity index (χ0n) is 10.8. The predicted octanol–water partition coefficient (Wildman–Crippen LogP) is 4.08. The van der Waals surface area contributed by atoms with Crippen LogP contribution in [0.25, 0.3) is 0 Å². The van der Waals surface area contributed by atoms with E-state index in [9.17, 15) is 4.79 Å². The predicted molar refractivity (Wildman–Crippen MR) is 74.1 cm³/mol. The summed E-state index contributed by atoms with van der Waals surface area (Å²) in [6.45, 7) is 2.71. The second-order valence-electron chi connectivity index (χ2n) is 4.08. The van der Waals surface area contributed by atoms with Gasteiger partial charge in [-0.05, 0) is 42.8 Å². The summed E-state index contributed by atoms with van der Waals surface area (Å²) < 4.78 is 11.4. The molecule has 2 aromatic rings. The smallest absolute Gasteiger partial charge is 0.169 e. The van der Waals surface area contributed by atoms with E-state index in [1.807, 2.05) is 24.3 Å². The van der Waals surface area contributed by atoms with Gasteiger partial charge in [-0.15, -0.1) is 0 Å². The van der Waals surface area contributed by atoms with Crippen LogP contribution in [0.4, 0.5) is 0 Å². The number of para-hydroxylation sites is 2. The molecule has 0 unspecified atom stereocenters. The van der Waals surface area contributed by atoms with Gasteiger partial charge in [-0.1, -0.05) is 19.1 Å². The molecule has 2 rings (SSSR count). The Morgan fingerprint density at radius 1 is 1.00 bits per heavy atom. The molecule has 0 aliphatic carbocycles. The van der Waals surface area contributed by atoms with E-state index in [4.69, 9.17) is 9.47 Å². The lowest BCUT2D eigenvalue weighted by molar-refractivity contribution is 0.112. The van der Waals surface area contributed by atoms with Gasteiger partial charge in [0.25, 0.3) is 0 Å². The fraction of sp³-hybridized carbons (Fsp3) is 0.188. The van der Waals surface area contributed by atoms with Crippen LogP contribution in [0.2, 0.25) is 0 Å².